The smallest absolute Gasteiger partial charge is 0.273 e. The Hall–Kier alpha value is -4.30. The molecule has 0 bridgehead atoms. The van der Waals surface area contributed by atoms with E-state index in [1.165, 1.54) is 18.2 Å². The molecule has 2 N–H and O–H groups in total. The fourth-order valence-electron chi connectivity index (χ4n) is 4.63. The molecule has 9 heteroatoms. The topological polar surface area (TPSA) is 87.7 Å². The van der Waals surface area contributed by atoms with Gasteiger partial charge in [-0.1, -0.05) is 42.5 Å². The molecule has 38 heavy (non-hydrogen) atoms. The first-order valence-electron chi connectivity index (χ1n) is 12.0. The van der Waals surface area contributed by atoms with Crippen LogP contribution in [-0.4, -0.2) is 39.3 Å². The number of ether oxygens (including phenoxy) is 2. The van der Waals surface area contributed by atoms with Crippen LogP contribution in [0.2, 0.25) is 5.02 Å². The van der Waals surface area contributed by atoms with Crippen LogP contribution in [0.3, 0.4) is 0 Å². The number of phenolic OH excluding ortho intramolecular Hbond substituents is 1. The summed E-state index contributed by atoms with van der Waals surface area (Å²) in [5.74, 6) is 0.410. The highest BCUT2D eigenvalue weighted by molar-refractivity contribution is 6.31. The molecular formula is C29H25ClFN3O4. The second-order valence-corrected chi connectivity index (χ2v) is 9.16. The summed E-state index contributed by atoms with van der Waals surface area (Å²) < 4.78 is 25.2. The number of fused-ring (bicyclic) bond motifs is 1. The zero-order valence-electron chi connectivity index (χ0n) is 20.6. The Labute approximate surface area is 224 Å². The van der Waals surface area contributed by atoms with Crippen molar-refractivity contribution in [2.45, 2.75) is 19.5 Å². The fourth-order valence-corrected chi connectivity index (χ4v) is 4.80. The van der Waals surface area contributed by atoms with Gasteiger partial charge in [-0.05, 0) is 60.5 Å². The summed E-state index contributed by atoms with van der Waals surface area (Å²) in [7, 11) is 0. The number of nitrogens with one attached hydrogen (secondary N) is 1. The number of phenols is 1. The van der Waals surface area contributed by atoms with Gasteiger partial charge in [0.1, 0.15) is 29.6 Å². The largest absolute Gasteiger partial charge is 0.507 e. The lowest BCUT2D eigenvalue weighted by Crippen LogP contribution is -2.29. The van der Waals surface area contributed by atoms with Crippen molar-refractivity contribution in [3.05, 3.63) is 107 Å². The molecule has 0 saturated carbocycles. The molecule has 0 spiro atoms. The second-order valence-electron chi connectivity index (χ2n) is 8.72. The summed E-state index contributed by atoms with van der Waals surface area (Å²) >= 11 is 6.24. The number of hydrogen-bond acceptors (Lipinski definition) is 5. The van der Waals surface area contributed by atoms with E-state index in [4.69, 9.17) is 21.1 Å². The van der Waals surface area contributed by atoms with Crippen LogP contribution in [0.4, 0.5) is 4.39 Å². The Morgan fingerprint density at radius 2 is 1.92 bits per heavy atom. The maximum absolute atomic E-state index is 13.7. The van der Waals surface area contributed by atoms with Crippen molar-refractivity contribution in [1.82, 2.24) is 15.1 Å². The number of amides is 1. The van der Waals surface area contributed by atoms with E-state index in [9.17, 15) is 14.3 Å². The molecule has 0 radical (unpaired) electrons. The van der Waals surface area contributed by atoms with Crippen LogP contribution >= 0.6 is 11.6 Å². The minimum atomic E-state index is -0.595. The third-order valence-corrected chi connectivity index (χ3v) is 6.52. The molecule has 2 heterocycles. The maximum Gasteiger partial charge on any atom is 0.273 e. The maximum atomic E-state index is 13.7. The van der Waals surface area contributed by atoms with Gasteiger partial charge in [0.25, 0.3) is 5.91 Å². The van der Waals surface area contributed by atoms with Gasteiger partial charge in [-0.3, -0.25) is 9.89 Å². The zero-order valence-corrected chi connectivity index (χ0v) is 21.3. The molecule has 0 fully saturated rings. The number of rotatable bonds is 9. The summed E-state index contributed by atoms with van der Waals surface area (Å²) in [6.45, 7) is 6.50. The number of aromatic hydroxyl groups is 1. The van der Waals surface area contributed by atoms with Crippen LogP contribution < -0.4 is 9.47 Å². The van der Waals surface area contributed by atoms with Crippen molar-refractivity contribution in [3.8, 4) is 28.5 Å². The number of nitrogens with zero attached hydrogens (tertiary/aromatic N) is 2. The summed E-state index contributed by atoms with van der Waals surface area (Å²) in [5, 5.41) is 18.3. The van der Waals surface area contributed by atoms with E-state index in [0.717, 1.165) is 11.1 Å². The van der Waals surface area contributed by atoms with Crippen molar-refractivity contribution in [2.24, 2.45) is 0 Å². The number of aromatic amines is 1. The lowest BCUT2D eigenvalue weighted by atomic mass is 9.95. The third kappa shape index (κ3) is 4.70. The fraction of sp³-hybridized carbons (Fsp3) is 0.172. The Kier molecular flexibility index (Phi) is 7.07. The SMILES string of the molecule is C=CCOc1ccc(C2c3c(-c4cc(Cl)ccc4O)n[nH]c3C(=O)N2Cc2ccc(F)cc2)cc1OCC. The second kappa shape index (κ2) is 10.6. The molecule has 3 aromatic carbocycles. The van der Waals surface area contributed by atoms with E-state index in [0.29, 0.717) is 52.3 Å². The van der Waals surface area contributed by atoms with Gasteiger partial charge in [0.15, 0.2) is 11.5 Å². The van der Waals surface area contributed by atoms with Gasteiger partial charge in [0.05, 0.1) is 12.6 Å². The van der Waals surface area contributed by atoms with E-state index in [2.05, 4.69) is 16.8 Å². The minimum Gasteiger partial charge on any atom is -0.507 e. The molecule has 1 aliphatic heterocycles. The average molecular weight is 534 g/mol. The van der Waals surface area contributed by atoms with Crippen molar-refractivity contribution in [3.63, 3.8) is 0 Å². The Bertz CT molecular complexity index is 1500. The van der Waals surface area contributed by atoms with Gasteiger partial charge < -0.3 is 19.5 Å². The van der Waals surface area contributed by atoms with Crippen LogP contribution in [0.5, 0.6) is 17.2 Å². The highest BCUT2D eigenvalue weighted by atomic mass is 35.5. The first kappa shape index (κ1) is 25.4. The van der Waals surface area contributed by atoms with Crippen LogP contribution in [0.25, 0.3) is 11.3 Å². The number of carbonyl (C=O) groups excluding carboxylic acids is 1. The van der Waals surface area contributed by atoms with Gasteiger partial charge in [0, 0.05) is 22.7 Å². The molecule has 194 valence electrons. The van der Waals surface area contributed by atoms with Crippen LogP contribution in [0, 0.1) is 5.82 Å². The minimum absolute atomic E-state index is 0.0185. The predicted octanol–water partition coefficient (Wildman–Crippen LogP) is 6.28. The van der Waals surface area contributed by atoms with E-state index >= 15 is 0 Å². The molecule has 1 amide bonds. The van der Waals surface area contributed by atoms with E-state index in [-0.39, 0.29) is 24.0 Å². The number of carbonyl (C=O) groups is 1. The molecule has 4 aromatic rings. The standard InChI is InChI=1S/C29H25ClFN3O4/c1-3-13-38-23-12-7-18(14-24(23)37-4-2)28-25-26(21-15-19(30)8-11-22(21)35)32-33-27(25)29(36)34(28)16-17-5-9-20(31)10-6-17/h3,5-12,14-15,28,35H,1,4,13,16H2,2H3,(H,32,33). The first-order valence-corrected chi connectivity index (χ1v) is 12.4. The van der Waals surface area contributed by atoms with E-state index < -0.39 is 6.04 Å². The van der Waals surface area contributed by atoms with Crippen molar-refractivity contribution in [2.75, 3.05) is 13.2 Å². The lowest BCUT2D eigenvalue weighted by molar-refractivity contribution is 0.0729. The summed E-state index contributed by atoms with van der Waals surface area (Å²) in [6.07, 6.45) is 1.64. The molecular weight excluding hydrogens is 509 g/mol. The number of hydrogen-bond donors (Lipinski definition) is 2. The molecule has 7 nitrogen and oxygen atoms in total. The summed E-state index contributed by atoms with van der Waals surface area (Å²) in [6, 6.07) is 15.6. The van der Waals surface area contributed by atoms with Gasteiger partial charge in [-0.2, -0.15) is 5.10 Å². The van der Waals surface area contributed by atoms with Crippen molar-refractivity contribution in [1.29, 1.82) is 0 Å². The number of aromatic nitrogens is 2. The molecule has 0 aliphatic carbocycles. The number of H-pyrrole nitrogens is 1. The van der Waals surface area contributed by atoms with Crippen molar-refractivity contribution < 1.29 is 23.8 Å². The molecule has 5 rings (SSSR count). The van der Waals surface area contributed by atoms with E-state index in [1.807, 2.05) is 19.1 Å². The molecule has 0 saturated heterocycles. The highest BCUT2D eigenvalue weighted by Gasteiger charge is 2.43. The van der Waals surface area contributed by atoms with Crippen LogP contribution in [0.1, 0.15) is 40.1 Å². The van der Waals surface area contributed by atoms with Crippen LogP contribution in [-0.2, 0) is 6.54 Å². The number of halogens is 2. The first-order chi connectivity index (χ1) is 18.4. The Balaban J connectivity index is 1.66. The quantitative estimate of drug-likeness (QED) is 0.247. The monoisotopic (exact) mass is 533 g/mol. The Morgan fingerprint density at radius 3 is 2.66 bits per heavy atom. The average Bonchev–Trinajstić information content (AvgIpc) is 3.45. The highest BCUT2D eigenvalue weighted by Crippen LogP contribution is 2.46. The van der Waals surface area contributed by atoms with Gasteiger partial charge in [-0.25, -0.2) is 4.39 Å². The zero-order chi connectivity index (χ0) is 26.8. The summed E-state index contributed by atoms with van der Waals surface area (Å²) in [4.78, 5) is 15.4. The van der Waals surface area contributed by atoms with Gasteiger partial charge in [0.2, 0.25) is 0 Å². The molecule has 1 aliphatic rings. The summed E-state index contributed by atoms with van der Waals surface area (Å²) in [5.41, 5.74) is 3.20. The molecule has 1 atom stereocenters. The third-order valence-electron chi connectivity index (χ3n) is 6.28. The van der Waals surface area contributed by atoms with E-state index in [1.54, 1.807) is 41.3 Å². The van der Waals surface area contributed by atoms with Gasteiger partial charge in [-0.15, -0.1) is 0 Å². The number of benzene rings is 3. The predicted molar refractivity (Wildman–Crippen MR) is 142 cm³/mol. The molecule has 1 aromatic heterocycles. The lowest BCUT2D eigenvalue weighted by Gasteiger charge is -2.27. The molecule has 1 unspecified atom stereocenters. The van der Waals surface area contributed by atoms with Gasteiger partial charge >= 0.3 is 0 Å². The normalized spacial score (nSPS) is 14.4. The van der Waals surface area contributed by atoms with Crippen molar-refractivity contribution >= 4 is 17.5 Å². The Morgan fingerprint density at radius 1 is 1.13 bits per heavy atom. The van der Waals surface area contributed by atoms with Crippen LogP contribution in [0.15, 0.2) is 73.3 Å².